The maximum Gasteiger partial charge on any atom is 0.174 e. The van der Waals surface area contributed by atoms with Crippen LogP contribution in [0.5, 0.6) is 5.75 Å². The van der Waals surface area contributed by atoms with Crippen LogP contribution in [0.3, 0.4) is 0 Å². The Hall–Kier alpha value is -2.62. The van der Waals surface area contributed by atoms with Crippen LogP contribution in [0.4, 0.5) is 5.69 Å². The molecule has 0 radical (unpaired) electrons. The fourth-order valence-electron chi connectivity index (χ4n) is 2.19. The Morgan fingerprint density at radius 2 is 1.90 bits per heavy atom. The normalized spacial score (nSPS) is 17.5. The minimum absolute atomic E-state index is 0.0662. The second-order valence-electron chi connectivity index (χ2n) is 4.60. The number of aromatic hydroxyl groups is 1. The Morgan fingerprint density at radius 1 is 1.10 bits per heavy atom. The maximum absolute atomic E-state index is 9.86. The van der Waals surface area contributed by atoms with Gasteiger partial charge in [-0.3, -0.25) is 0 Å². The lowest BCUT2D eigenvalue weighted by Crippen LogP contribution is -2.03. The summed E-state index contributed by atoms with van der Waals surface area (Å²) in [5, 5.41) is 9.86. The zero-order valence-electron chi connectivity index (χ0n) is 10.9. The molecule has 0 spiro atoms. The molecule has 1 aliphatic carbocycles. The number of anilines is 1. The number of nitrogens with two attached hydrogens (primary N) is 1. The molecule has 0 bridgehead atoms. The molecule has 20 heavy (non-hydrogen) atoms. The van der Waals surface area contributed by atoms with Gasteiger partial charge in [-0.05, 0) is 30.5 Å². The van der Waals surface area contributed by atoms with Crippen LogP contribution in [0.15, 0.2) is 60.3 Å². The van der Waals surface area contributed by atoms with E-state index in [1.54, 1.807) is 24.5 Å². The molecule has 2 aliphatic rings. The average molecular weight is 269 g/mol. The van der Waals surface area contributed by atoms with Gasteiger partial charge in [0.2, 0.25) is 0 Å². The first-order valence-corrected chi connectivity index (χ1v) is 6.43. The molecule has 3 rings (SSSR count). The third kappa shape index (κ3) is 2.28. The highest BCUT2D eigenvalue weighted by Crippen LogP contribution is 2.35. The van der Waals surface area contributed by atoms with E-state index in [2.05, 4.69) is 6.08 Å². The second-order valence-corrected chi connectivity index (χ2v) is 4.60. The lowest BCUT2D eigenvalue weighted by Gasteiger charge is -2.19. The van der Waals surface area contributed by atoms with Gasteiger partial charge in [0.05, 0.1) is 5.56 Å². The van der Waals surface area contributed by atoms with Crippen LogP contribution in [-0.4, -0.2) is 5.11 Å². The van der Waals surface area contributed by atoms with Gasteiger partial charge in [-0.25, -0.2) is 0 Å². The van der Waals surface area contributed by atoms with Crippen LogP contribution in [0.25, 0.3) is 5.76 Å². The molecule has 0 unspecified atom stereocenters. The molecule has 0 atom stereocenters. The first-order chi connectivity index (χ1) is 9.75. The number of ether oxygens (including phenoxy) is 2. The molecular weight excluding hydrogens is 254 g/mol. The molecule has 1 aliphatic heterocycles. The van der Waals surface area contributed by atoms with Gasteiger partial charge in [-0.1, -0.05) is 24.3 Å². The van der Waals surface area contributed by atoms with E-state index in [4.69, 9.17) is 15.2 Å². The van der Waals surface area contributed by atoms with Gasteiger partial charge in [0.1, 0.15) is 18.3 Å². The Balaban J connectivity index is 1.82. The molecule has 0 amide bonds. The third-order valence-electron chi connectivity index (χ3n) is 3.24. The summed E-state index contributed by atoms with van der Waals surface area (Å²) in [6.07, 6.45) is 11.1. The number of hydrogen-bond acceptors (Lipinski definition) is 4. The minimum atomic E-state index is 0.0662. The van der Waals surface area contributed by atoms with Crippen LogP contribution in [0.2, 0.25) is 0 Å². The number of rotatable bonds is 2. The van der Waals surface area contributed by atoms with Crippen molar-refractivity contribution in [3.63, 3.8) is 0 Å². The summed E-state index contributed by atoms with van der Waals surface area (Å²) in [5.74, 6) is 1.15. The van der Waals surface area contributed by atoms with Crippen LogP contribution < -0.4 is 5.73 Å². The summed E-state index contributed by atoms with van der Waals surface area (Å²) < 4.78 is 11.2. The fourth-order valence-corrected chi connectivity index (χ4v) is 2.19. The average Bonchev–Trinajstić information content (AvgIpc) is 2.49. The number of nitrogen functional groups attached to an aromatic ring is 1. The second kappa shape index (κ2) is 5.17. The van der Waals surface area contributed by atoms with Crippen molar-refractivity contribution >= 4 is 11.4 Å². The molecule has 4 nitrogen and oxygen atoms in total. The molecule has 1 heterocycles. The van der Waals surface area contributed by atoms with E-state index in [1.807, 2.05) is 12.2 Å². The number of phenols is 1. The van der Waals surface area contributed by atoms with E-state index in [9.17, 15) is 5.11 Å². The van der Waals surface area contributed by atoms with Crippen LogP contribution >= 0.6 is 0 Å². The highest BCUT2D eigenvalue weighted by Gasteiger charge is 2.18. The topological polar surface area (TPSA) is 64.7 Å². The number of hydrogen-bond donors (Lipinski definition) is 2. The maximum atomic E-state index is 9.86. The van der Waals surface area contributed by atoms with E-state index in [0.717, 1.165) is 18.4 Å². The van der Waals surface area contributed by atoms with Crippen molar-refractivity contribution in [3.05, 3.63) is 65.8 Å². The molecule has 0 saturated carbocycles. The first kappa shape index (κ1) is 12.4. The van der Waals surface area contributed by atoms with Crippen molar-refractivity contribution in [1.29, 1.82) is 0 Å². The Bertz CT molecular complexity index is 633. The van der Waals surface area contributed by atoms with Crippen molar-refractivity contribution in [2.75, 3.05) is 5.73 Å². The van der Waals surface area contributed by atoms with Gasteiger partial charge < -0.3 is 20.3 Å². The summed E-state index contributed by atoms with van der Waals surface area (Å²) in [6, 6.07) is 4.94. The van der Waals surface area contributed by atoms with E-state index >= 15 is 0 Å². The van der Waals surface area contributed by atoms with Crippen molar-refractivity contribution in [1.82, 2.24) is 0 Å². The Kier molecular flexibility index (Phi) is 3.21. The summed E-state index contributed by atoms with van der Waals surface area (Å²) in [6.45, 7) is 0. The lowest BCUT2D eigenvalue weighted by molar-refractivity contribution is 0.280. The molecule has 4 heteroatoms. The first-order valence-electron chi connectivity index (χ1n) is 6.43. The molecule has 1 aromatic carbocycles. The largest absolute Gasteiger partial charge is 0.507 e. The smallest absolute Gasteiger partial charge is 0.174 e. The van der Waals surface area contributed by atoms with Crippen molar-refractivity contribution in [2.45, 2.75) is 12.8 Å². The van der Waals surface area contributed by atoms with Gasteiger partial charge in [0, 0.05) is 5.69 Å². The summed E-state index contributed by atoms with van der Waals surface area (Å²) in [5.41, 5.74) is 7.83. The molecule has 3 N–H and O–H groups in total. The Morgan fingerprint density at radius 3 is 2.55 bits per heavy atom. The quantitative estimate of drug-likeness (QED) is 0.807. The van der Waals surface area contributed by atoms with Crippen molar-refractivity contribution in [2.24, 2.45) is 0 Å². The van der Waals surface area contributed by atoms with Gasteiger partial charge >= 0.3 is 0 Å². The number of allylic oxidation sites excluding steroid dienone is 4. The highest BCUT2D eigenvalue weighted by atomic mass is 16.5. The predicted molar refractivity (Wildman–Crippen MR) is 77.2 cm³/mol. The van der Waals surface area contributed by atoms with E-state index in [1.165, 1.54) is 6.26 Å². The minimum Gasteiger partial charge on any atom is -0.507 e. The van der Waals surface area contributed by atoms with Crippen molar-refractivity contribution in [3.8, 4) is 5.75 Å². The zero-order valence-corrected chi connectivity index (χ0v) is 10.9. The molecule has 1 aromatic rings. The number of benzene rings is 1. The van der Waals surface area contributed by atoms with Crippen LogP contribution in [0, 0.1) is 0 Å². The predicted octanol–water partition coefficient (Wildman–Crippen LogP) is 3.44. The highest BCUT2D eigenvalue weighted by molar-refractivity contribution is 5.76. The standard InChI is InChI=1S/C16H15NO3/c17-12-7-4-8-13(18)16(12)15-10-19-14(9-20-15)11-5-2-1-3-6-11/h1-2,4-5,7-10,18H,3,6,17H2. The molecule has 0 saturated heterocycles. The summed E-state index contributed by atoms with van der Waals surface area (Å²) >= 11 is 0. The Labute approximate surface area is 117 Å². The molecule has 0 fully saturated rings. The molecule has 0 aromatic heterocycles. The van der Waals surface area contributed by atoms with Gasteiger partial charge in [-0.15, -0.1) is 0 Å². The van der Waals surface area contributed by atoms with Crippen LogP contribution in [-0.2, 0) is 9.47 Å². The summed E-state index contributed by atoms with van der Waals surface area (Å²) in [4.78, 5) is 0. The van der Waals surface area contributed by atoms with Crippen molar-refractivity contribution < 1.29 is 14.6 Å². The van der Waals surface area contributed by atoms with E-state index in [0.29, 0.717) is 22.8 Å². The summed E-state index contributed by atoms with van der Waals surface area (Å²) in [7, 11) is 0. The van der Waals surface area contributed by atoms with Gasteiger partial charge in [0.15, 0.2) is 11.5 Å². The van der Waals surface area contributed by atoms with Gasteiger partial charge in [-0.2, -0.15) is 0 Å². The van der Waals surface area contributed by atoms with E-state index < -0.39 is 0 Å². The fraction of sp³-hybridized carbons (Fsp3) is 0.125. The number of phenolic OH excluding ortho intramolecular Hbond substituents is 1. The monoisotopic (exact) mass is 269 g/mol. The lowest BCUT2D eigenvalue weighted by atomic mass is 10.0. The molecule has 102 valence electrons. The third-order valence-corrected chi connectivity index (χ3v) is 3.24. The SMILES string of the molecule is Nc1cccc(O)c1C1=COC(C2=CC=CCC2)=CO1. The van der Waals surface area contributed by atoms with E-state index in [-0.39, 0.29) is 5.75 Å². The van der Waals surface area contributed by atoms with Gasteiger partial charge in [0.25, 0.3) is 0 Å². The zero-order chi connectivity index (χ0) is 13.9. The van der Waals surface area contributed by atoms with Crippen LogP contribution in [0.1, 0.15) is 18.4 Å². The molecular formula is C16H15NO3.